The Balaban J connectivity index is 1.63. The fourth-order valence-electron chi connectivity index (χ4n) is 4.63. The van der Waals surface area contributed by atoms with E-state index in [1.165, 1.54) is 0 Å². The van der Waals surface area contributed by atoms with Gasteiger partial charge in [-0.05, 0) is 85.5 Å². The lowest BCUT2D eigenvalue weighted by Gasteiger charge is -2.28. The number of aryl methyl sites for hydroxylation is 1. The van der Waals surface area contributed by atoms with E-state index in [4.69, 9.17) is 4.74 Å². The number of aliphatic hydroxyl groups excluding tert-OH is 1. The van der Waals surface area contributed by atoms with Gasteiger partial charge in [-0.2, -0.15) is 0 Å². The van der Waals surface area contributed by atoms with Crippen LogP contribution in [0.2, 0.25) is 0 Å². The third-order valence-electron chi connectivity index (χ3n) is 6.85. The predicted octanol–water partition coefficient (Wildman–Crippen LogP) is 6.67. The molecule has 5 nitrogen and oxygen atoms in total. The quantitative estimate of drug-likeness (QED) is 0.248. The summed E-state index contributed by atoms with van der Waals surface area (Å²) in [6.45, 7) is 12.2. The first kappa shape index (κ1) is 29.5. The van der Waals surface area contributed by atoms with Gasteiger partial charge in [0.15, 0.2) is 0 Å². The van der Waals surface area contributed by atoms with Crippen molar-refractivity contribution in [1.29, 1.82) is 0 Å². The van der Waals surface area contributed by atoms with Crippen LogP contribution < -0.4 is 5.32 Å². The fourth-order valence-corrected chi connectivity index (χ4v) is 4.63. The molecule has 0 aliphatic rings. The van der Waals surface area contributed by atoms with Gasteiger partial charge in [0.05, 0.1) is 24.4 Å². The van der Waals surface area contributed by atoms with Gasteiger partial charge in [-0.15, -0.1) is 0 Å². The second-order valence-corrected chi connectivity index (χ2v) is 11.0. The predicted molar refractivity (Wildman–Crippen MR) is 150 cm³/mol. The third kappa shape index (κ3) is 7.73. The number of β-amino-alcohol motifs (C(OH)–C–C–N with tert-alkyl or cyclic N) is 1. The first-order chi connectivity index (χ1) is 17.9. The standard InChI is InChI=1S/C32H40FNO4/c1-20(2)29-16-24(13-14-28(29)31(36)37)27-10-8-7-9-26(27)22(4)38-19-25(35)18-34-32(5,6)17-23-12-11-21(3)30(33)15-23/h7-16,20,22,25,34-35H,17-19H2,1-6H3,(H,36,37)/t22?,25-/m0/s1. The van der Waals surface area contributed by atoms with Crippen LogP contribution in [0.1, 0.15) is 79.3 Å². The van der Waals surface area contributed by atoms with Crippen molar-refractivity contribution in [3.63, 3.8) is 0 Å². The fraction of sp³-hybridized carbons (Fsp3) is 0.406. The molecule has 0 radical (unpaired) electrons. The highest BCUT2D eigenvalue weighted by molar-refractivity contribution is 5.90. The zero-order valence-electron chi connectivity index (χ0n) is 23.2. The number of hydrogen-bond donors (Lipinski definition) is 3. The molecule has 3 rings (SSSR count). The molecule has 0 bridgehead atoms. The van der Waals surface area contributed by atoms with Crippen molar-refractivity contribution in [2.45, 2.75) is 71.6 Å². The van der Waals surface area contributed by atoms with E-state index in [1.54, 1.807) is 25.1 Å². The summed E-state index contributed by atoms with van der Waals surface area (Å²) in [6, 6.07) is 18.6. The Hall–Kier alpha value is -3.06. The van der Waals surface area contributed by atoms with Crippen LogP contribution in [0.3, 0.4) is 0 Å². The monoisotopic (exact) mass is 521 g/mol. The molecule has 3 N–H and O–H groups in total. The number of ether oxygens (including phenoxy) is 1. The first-order valence-corrected chi connectivity index (χ1v) is 13.1. The molecule has 0 fully saturated rings. The van der Waals surface area contributed by atoms with Gasteiger partial charge in [0.1, 0.15) is 5.82 Å². The lowest BCUT2D eigenvalue weighted by Crippen LogP contribution is -2.46. The highest BCUT2D eigenvalue weighted by atomic mass is 19.1. The van der Waals surface area contributed by atoms with Crippen LogP contribution >= 0.6 is 0 Å². The molecule has 0 aliphatic heterocycles. The molecule has 0 aliphatic carbocycles. The Labute approximate surface area is 225 Å². The van der Waals surface area contributed by atoms with Crippen LogP contribution in [0.4, 0.5) is 4.39 Å². The summed E-state index contributed by atoms with van der Waals surface area (Å²) >= 11 is 0. The SMILES string of the molecule is Cc1ccc(CC(C)(C)NC[C@H](O)COC(C)c2ccccc2-c2ccc(C(=O)O)c(C(C)C)c2)cc1F. The van der Waals surface area contributed by atoms with E-state index in [9.17, 15) is 19.4 Å². The smallest absolute Gasteiger partial charge is 0.335 e. The number of benzene rings is 3. The summed E-state index contributed by atoms with van der Waals surface area (Å²) in [5.74, 6) is -1.07. The van der Waals surface area contributed by atoms with E-state index in [0.29, 0.717) is 24.1 Å². The molecule has 204 valence electrons. The van der Waals surface area contributed by atoms with E-state index in [-0.39, 0.29) is 30.0 Å². The second-order valence-electron chi connectivity index (χ2n) is 11.0. The third-order valence-corrected chi connectivity index (χ3v) is 6.85. The lowest BCUT2D eigenvalue weighted by molar-refractivity contribution is -0.00397. The first-order valence-electron chi connectivity index (χ1n) is 13.1. The lowest BCUT2D eigenvalue weighted by atomic mass is 9.90. The number of halogens is 1. The van der Waals surface area contributed by atoms with Crippen LogP contribution in [0, 0.1) is 12.7 Å². The highest BCUT2D eigenvalue weighted by Gasteiger charge is 2.21. The second kappa shape index (κ2) is 12.7. The Morgan fingerprint density at radius 2 is 1.74 bits per heavy atom. The van der Waals surface area contributed by atoms with Crippen molar-refractivity contribution in [2.75, 3.05) is 13.2 Å². The molecule has 1 unspecified atom stereocenters. The molecule has 6 heteroatoms. The van der Waals surface area contributed by atoms with Crippen molar-refractivity contribution in [3.05, 3.63) is 94.3 Å². The zero-order chi connectivity index (χ0) is 28.0. The molecule has 38 heavy (non-hydrogen) atoms. The minimum Gasteiger partial charge on any atom is -0.478 e. The zero-order valence-corrected chi connectivity index (χ0v) is 23.2. The molecular weight excluding hydrogens is 481 g/mol. The van der Waals surface area contributed by atoms with E-state index >= 15 is 0 Å². The largest absolute Gasteiger partial charge is 0.478 e. The summed E-state index contributed by atoms with van der Waals surface area (Å²) in [7, 11) is 0. The average molecular weight is 522 g/mol. The van der Waals surface area contributed by atoms with Crippen LogP contribution in [0.25, 0.3) is 11.1 Å². The molecular formula is C32H40FNO4. The van der Waals surface area contributed by atoms with Crippen molar-refractivity contribution >= 4 is 5.97 Å². The molecule has 0 saturated carbocycles. The molecule has 2 atom stereocenters. The Morgan fingerprint density at radius 3 is 2.39 bits per heavy atom. The summed E-state index contributed by atoms with van der Waals surface area (Å²) < 4.78 is 20.0. The number of aliphatic hydroxyl groups is 1. The summed E-state index contributed by atoms with van der Waals surface area (Å²) in [5.41, 5.74) is 5.16. The van der Waals surface area contributed by atoms with Gasteiger partial charge in [0, 0.05) is 12.1 Å². The van der Waals surface area contributed by atoms with Gasteiger partial charge >= 0.3 is 5.97 Å². The highest BCUT2D eigenvalue weighted by Crippen LogP contribution is 2.33. The maximum Gasteiger partial charge on any atom is 0.335 e. The van der Waals surface area contributed by atoms with E-state index in [0.717, 1.165) is 27.8 Å². The maximum atomic E-state index is 13.9. The van der Waals surface area contributed by atoms with Crippen LogP contribution in [0.5, 0.6) is 0 Å². The molecule has 3 aromatic rings. The van der Waals surface area contributed by atoms with Crippen molar-refractivity contribution in [1.82, 2.24) is 5.32 Å². The van der Waals surface area contributed by atoms with E-state index < -0.39 is 12.1 Å². The van der Waals surface area contributed by atoms with Gasteiger partial charge in [-0.1, -0.05) is 62.4 Å². The number of carboxylic acids is 1. The molecule has 0 aromatic heterocycles. The maximum absolute atomic E-state index is 13.9. The number of hydrogen-bond acceptors (Lipinski definition) is 4. The minimum absolute atomic E-state index is 0.0683. The molecule has 0 spiro atoms. The molecule has 3 aromatic carbocycles. The molecule has 0 saturated heterocycles. The topological polar surface area (TPSA) is 78.8 Å². The van der Waals surface area contributed by atoms with Crippen molar-refractivity contribution < 1.29 is 24.1 Å². The molecule has 0 amide bonds. The van der Waals surface area contributed by atoms with Crippen LogP contribution in [0.15, 0.2) is 60.7 Å². The number of rotatable bonds is 12. The van der Waals surface area contributed by atoms with Gasteiger partial charge in [0.25, 0.3) is 0 Å². The Bertz CT molecular complexity index is 1250. The van der Waals surface area contributed by atoms with Crippen LogP contribution in [-0.4, -0.2) is 41.0 Å². The number of carboxylic acid groups (broad SMARTS) is 1. The minimum atomic E-state index is -0.929. The van der Waals surface area contributed by atoms with Gasteiger partial charge < -0.3 is 20.3 Å². The number of nitrogens with one attached hydrogen (secondary N) is 1. The summed E-state index contributed by atoms with van der Waals surface area (Å²) in [4.78, 5) is 11.7. The van der Waals surface area contributed by atoms with Crippen LogP contribution in [-0.2, 0) is 11.2 Å². The molecule has 0 heterocycles. The average Bonchev–Trinajstić information content (AvgIpc) is 2.87. The summed E-state index contributed by atoms with van der Waals surface area (Å²) in [5, 5.41) is 23.6. The van der Waals surface area contributed by atoms with Crippen molar-refractivity contribution in [3.8, 4) is 11.1 Å². The number of aromatic carboxylic acids is 1. The number of carbonyl (C=O) groups is 1. The van der Waals surface area contributed by atoms with E-state index in [2.05, 4.69) is 5.32 Å². The Kier molecular flexibility index (Phi) is 9.82. The van der Waals surface area contributed by atoms with Gasteiger partial charge in [-0.25, -0.2) is 9.18 Å². The van der Waals surface area contributed by atoms with Gasteiger partial charge in [-0.3, -0.25) is 0 Å². The van der Waals surface area contributed by atoms with E-state index in [1.807, 2.05) is 77.1 Å². The van der Waals surface area contributed by atoms with Crippen molar-refractivity contribution in [2.24, 2.45) is 0 Å². The normalized spacial score (nSPS) is 13.5. The summed E-state index contributed by atoms with van der Waals surface area (Å²) in [6.07, 6.45) is -0.382. The van der Waals surface area contributed by atoms with Gasteiger partial charge in [0.2, 0.25) is 0 Å². The Morgan fingerprint density at radius 1 is 1.03 bits per heavy atom.